The number of hydrogen-bond acceptors (Lipinski definition) is 3. The van der Waals surface area contributed by atoms with Crippen molar-refractivity contribution in [3.8, 4) is 0 Å². The molecule has 1 fully saturated rings. The summed E-state index contributed by atoms with van der Waals surface area (Å²) in [6.45, 7) is 2.38. The first-order valence-electron chi connectivity index (χ1n) is 7.72. The molecule has 0 saturated heterocycles. The molecule has 1 aliphatic carbocycles. The van der Waals surface area contributed by atoms with Gasteiger partial charge in [-0.1, -0.05) is 24.6 Å². The molecular weight excluding hydrogens is 334 g/mol. The van der Waals surface area contributed by atoms with Crippen LogP contribution in [0.3, 0.4) is 0 Å². The number of aryl methyl sites for hydroxylation is 1. The Labute approximate surface area is 143 Å². The van der Waals surface area contributed by atoms with Crippen LogP contribution in [0.5, 0.6) is 0 Å². The highest BCUT2D eigenvalue weighted by atomic mass is 35.5. The predicted octanol–water partition coefficient (Wildman–Crippen LogP) is 2.31. The molecule has 2 atom stereocenters. The lowest BCUT2D eigenvalue weighted by Gasteiger charge is -2.19. The van der Waals surface area contributed by atoms with Crippen LogP contribution in [-0.4, -0.2) is 25.6 Å². The molecule has 3 rings (SSSR count). The van der Waals surface area contributed by atoms with Crippen LogP contribution in [0, 0.1) is 12.8 Å². The lowest BCUT2D eigenvalue weighted by atomic mass is 10.1. The van der Waals surface area contributed by atoms with Crippen molar-refractivity contribution < 1.29 is 8.42 Å². The molecule has 1 heterocycles. The van der Waals surface area contributed by atoms with Gasteiger partial charge in [-0.3, -0.25) is 0 Å². The van der Waals surface area contributed by atoms with Crippen LogP contribution in [0.4, 0.5) is 0 Å². The van der Waals surface area contributed by atoms with Crippen molar-refractivity contribution >= 4 is 33.3 Å². The van der Waals surface area contributed by atoms with Crippen molar-refractivity contribution in [2.75, 3.05) is 6.54 Å². The maximum atomic E-state index is 12.9. The summed E-state index contributed by atoms with van der Waals surface area (Å²) in [5.74, 6) is 0.241. The molecule has 0 amide bonds. The average Bonchev–Trinajstić information content (AvgIpc) is 3.02. The summed E-state index contributed by atoms with van der Waals surface area (Å²) in [6.07, 6.45) is 2.90. The van der Waals surface area contributed by atoms with E-state index in [2.05, 4.69) is 4.72 Å². The number of fused-ring (bicyclic) bond motifs is 1. The second kappa shape index (κ2) is 6.81. The molecule has 0 radical (unpaired) electrons. The second-order valence-electron chi connectivity index (χ2n) is 6.15. The number of nitrogens with two attached hydrogens (primary N) is 1. The van der Waals surface area contributed by atoms with E-state index in [4.69, 9.17) is 5.73 Å². The fraction of sp³-hybridized carbons (Fsp3) is 0.500. The first-order chi connectivity index (χ1) is 10.5. The fourth-order valence-corrected chi connectivity index (χ4v) is 5.37. The molecule has 7 heteroatoms. The van der Waals surface area contributed by atoms with Gasteiger partial charge in [-0.25, -0.2) is 13.1 Å². The van der Waals surface area contributed by atoms with Crippen LogP contribution in [0.2, 0.25) is 0 Å². The van der Waals surface area contributed by atoms with Crippen LogP contribution in [-0.2, 0) is 17.1 Å². The fourth-order valence-electron chi connectivity index (χ4n) is 3.56. The molecule has 0 bridgehead atoms. The molecule has 2 aromatic rings. The maximum Gasteiger partial charge on any atom is 0.243 e. The molecule has 1 aliphatic rings. The topological polar surface area (TPSA) is 77.1 Å². The monoisotopic (exact) mass is 357 g/mol. The lowest BCUT2D eigenvalue weighted by molar-refractivity contribution is 0.453. The van der Waals surface area contributed by atoms with Gasteiger partial charge in [0.15, 0.2) is 0 Å². The summed E-state index contributed by atoms with van der Waals surface area (Å²) in [6, 6.07) is 7.56. The standard InChI is InChI=1S/C16H23N3O2S.ClH/c1-11-16(13-7-3-4-9-15(13)19(11)2)22(20,21)18-14-8-5-6-12(14)10-17;/h3-4,7,9,12,14,18H,5-6,8,10,17H2,1-2H3;1H. The summed E-state index contributed by atoms with van der Waals surface area (Å²) < 4.78 is 30.7. The van der Waals surface area contributed by atoms with Crippen LogP contribution in [0.25, 0.3) is 10.9 Å². The molecule has 0 spiro atoms. The highest BCUT2D eigenvalue weighted by molar-refractivity contribution is 7.89. The van der Waals surface area contributed by atoms with Gasteiger partial charge in [0.1, 0.15) is 4.90 Å². The molecule has 0 aliphatic heterocycles. The van der Waals surface area contributed by atoms with E-state index in [1.807, 2.05) is 42.8 Å². The van der Waals surface area contributed by atoms with Gasteiger partial charge in [0.2, 0.25) is 10.0 Å². The smallest absolute Gasteiger partial charge is 0.243 e. The summed E-state index contributed by atoms with van der Waals surface area (Å²) in [4.78, 5) is 0.397. The van der Waals surface area contributed by atoms with Gasteiger partial charge < -0.3 is 10.3 Å². The van der Waals surface area contributed by atoms with Crippen molar-refractivity contribution in [2.24, 2.45) is 18.7 Å². The highest BCUT2D eigenvalue weighted by Gasteiger charge is 2.32. The van der Waals surface area contributed by atoms with Crippen LogP contribution >= 0.6 is 12.4 Å². The van der Waals surface area contributed by atoms with Gasteiger partial charge in [-0.15, -0.1) is 12.4 Å². The van der Waals surface area contributed by atoms with E-state index in [1.165, 1.54) is 0 Å². The van der Waals surface area contributed by atoms with Gasteiger partial charge in [0.05, 0.1) is 0 Å². The SMILES string of the molecule is Cc1c(S(=O)(=O)NC2CCCC2CN)c2ccccc2n1C.Cl. The first-order valence-corrected chi connectivity index (χ1v) is 9.20. The largest absolute Gasteiger partial charge is 0.347 e. The van der Waals surface area contributed by atoms with E-state index in [9.17, 15) is 8.42 Å². The third kappa shape index (κ3) is 3.13. The third-order valence-corrected chi connectivity index (χ3v) is 6.54. The molecule has 1 aromatic carbocycles. The number of rotatable bonds is 4. The van der Waals surface area contributed by atoms with E-state index < -0.39 is 10.0 Å². The minimum Gasteiger partial charge on any atom is -0.347 e. The van der Waals surface area contributed by atoms with E-state index in [0.717, 1.165) is 35.9 Å². The predicted molar refractivity (Wildman–Crippen MR) is 95.4 cm³/mol. The minimum atomic E-state index is -3.55. The number of para-hydroxylation sites is 1. The highest BCUT2D eigenvalue weighted by Crippen LogP contribution is 2.31. The normalized spacial score (nSPS) is 21.5. The van der Waals surface area contributed by atoms with Gasteiger partial charge >= 0.3 is 0 Å². The van der Waals surface area contributed by atoms with Crippen molar-refractivity contribution in [3.63, 3.8) is 0 Å². The zero-order valence-corrected chi connectivity index (χ0v) is 15.1. The number of sulfonamides is 1. The van der Waals surface area contributed by atoms with Crippen LogP contribution < -0.4 is 10.5 Å². The zero-order chi connectivity index (χ0) is 15.9. The van der Waals surface area contributed by atoms with Crippen molar-refractivity contribution in [1.82, 2.24) is 9.29 Å². The molecule has 128 valence electrons. The Morgan fingerprint density at radius 2 is 2.00 bits per heavy atom. The first kappa shape index (κ1) is 18.3. The van der Waals surface area contributed by atoms with Crippen molar-refractivity contribution in [1.29, 1.82) is 0 Å². The minimum absolute atomic E-state index is 0. The van der Waals surface area contributed by atoms with E-state index in [-0.39, 0.29) is 24.4 Å². The molecular formula is C16H24ClN3O2S. The molecule has 3 N–H and O–H groups in total. The number of nitrogens with one attached hydrogen (secondary N) is 1. The van der Waals surface area contributed by atoms with Crippen molar-refractivity contribution in [2.45, 2.75) is 37.1 Å². The van der Waals surface area contributed by atoms with Crippen LogP contribution in [0.1, 0.15) is 25.0 Å². The van der Waals surface area contributed by atoms with Gasteiger partial charge in [0, 0.05) is 29.7 Å². The molecule has 1 saturated carbocycles. The number of halogens is 1. The zero-order valence-electron chi connectivity index (χ0n) is 13.5. The Bertz CT molecular complexity index is 801. The third-order valence-electron chi connectivity index (χ3n) is 4.88. The number of benzene rings is 1. The average molecular weight is 358 g/mol. The number of nitrogens with zero attached hydrogens (tertiary/aromatic N) is 1. The Morgan fingerprint density at radius 3 is 2.70 bits per heavy atom. The Kier molecular flexibility index (Phi) is 5.41. The maximum absolute atomic E-state index is 12.9. The second-order valence-corrected chi connectivity index (χ2v) is 7.80. The van der Waals surface area contributed by atoms with Gasteiger partial charge in [0.25, 0.3) is 0 Å². The number of hydrogen-bond donors (Lipinski definition) is 2. The summed E-state index contributed by atoms with van der Waals surface area (Å²) in [5, 5.41) is 0.775. The Hall–Kier alpha value is -1.08. The van der Waals surface area contributed by atoms with Crippen LogP contribution in [0.15, 0.2) is 29.2 Å². The van der Waals surface area contributed by atoms with E-state index in [0.29, 0.717) is 11.4 Å². The van der Waals surface area contributed by atoms with Gasteiger partial charge in [-0.05, 0) is 38.3 Å². The molecule has 1 aromatic heterocycles. The lowest BCUT2D eigenvalue weighted by Crippen LogP contribution is -2.40. The van der Waals surface area contributed by atoms with E-state index in [1.54, 1.807) is 0 Å². The van der Waals surface area contributed by atoms with Crippen molar-refractivity contribution in [3.05, 3.63) is 30.0 Å². The van der Waals surface area contributed by atoms with E-state index >= 15 is 0 Å². The Balaban J connectivity index is 0.00000192. The molecule has 5 nitrogen and oxygen atoms in total. The Morgan fingerprint density at radius 1 is 1.30 bits per heavy atom. The summed E-state index contributed by atoms with van der Waals surface area (Å²) in [7, 11) is -1.65. The summed E-state index contributed by atoms with van der Waals surface area (Å²) in [5.41, 5.74) is 7.46. The summed E-state index contributed by atoms with van der Waals surface area (Å²) >= 11 is 0. The molecule has 23 heavy (non-hydrogen) atoms. The van der Waals surface area contributed by atoms with Gasteiger partial charge in [-0.2, -0.15) is 0 Å². The quantitative estimate of drug-likeness (QED) is 0.881. The molecule has 2 unspecified atom stereocenters. The number of aromatic nitrogens is 1.